The lowest BCUT2D eigenvalue weighted by Gasteiger charge is -2.09. The molecular formula is C8H13N5O6S2. The normalized spacial score (nSPS) is 12.1. The van der Waals surface area contributed by atoms with Crippen LogP contribution in [0.3, 0.4) is 0 Å². The maximum atomic E-state index is 12.0. The van der Waals surface area contributed by atoms with Crippen LogP contribution in [0, 0.1) is 10.1 Å². The van der Waals surface area contributed by atoms with Crippen LogP contribution in [0.1, 0.15) is 0 Å². The number of nitrogens with two attached hydrogens (primary N) is 2. The third-order valence-corrected chi connectivity index (χ3v) is 4.57. The van der Waals surface area contributed by atoms with E-state index in [4.69, 9.17) is 11.0 Å². The standard InChI is InChI=1S/C8H13N5O6S2/c9-12-6-2-1-3-7(8(6)13(14)15)21(18,19)11-4-5-20(10,16)17/h1-3,11-12H,4-5,9H2,(H2,10,16,17). The quantitative estimate of drug-likeness (QED) is 0.261. The smallest absolute Gasteiger partial charge is 0.313 e. The van der Waals surface area contributed by atoms with E-state index in [0.29, 0.717) is 0 Å². The maximum Gasteiger partial charge on any atom is 0.313 e. The maximum absolute atomic E-state index is 12.0. The number of hydrogen-bond donors (Lipinski definition) is 4. The summed E-state index contributed by atoms with van der Waals surface area (Å²) in [6.07, 6.45) is 0. The number of benzene rings is 1. The lowest BCUT2D eigenvalue weighted by atomic mass is 10.3. The van der Waals surface area contributed by atoms with Crippen LogP contribution in [0.25, 0.3) is 0 Å². The molecule has 1 rings (SSSR count). The molecule has 1 aromatic carbocycles. The third kappa shape index (κ3) is 4.61. The summed E-state index contributed by atoms with van der Waals surface area (Å²) in [4.78, 5) is 9.43. The fraction of sp³-hybridized carbons (Fsp3) is 0.250. The number of rotatable bonds is 7. The van der Waals surface area contributed by atoms with Gasteiger partial charge in [-0.3, -0.25) is 16.0 Å². The predicted molar refractivity (Wildman–Crippen MR) is 74.1 cm³/mol. The number of nitro benzene ring substituents is 1. The van der Waals surface area contributed by atoms with Gasteiger partial charge in [-0.05, 0) is 12.1 Å². The number of nitrogen functional groups attached to an aromatic ring is 1. The largest absolute Gasteiger partial charge is 0.318 e. The summed E-state index contributed by atoms with van der Waals surface area (Å²) in [5, 5.41) is 15.7. The molecule has 0 saturated heterocycles. The highest BCUT2D eigenvalue weighted by Gasteiger charge is 2.28. The van der Waals surface area contributed by atoms with Gasteiger partial charge in [0.2, 0.25) is 20.0 Å². The second-order valence-electron chi connectivity index (χ2n) is 3.82. The van der Waals surface area contributed by atoms with E-state index in [0.717, 1.165) is 6.07 Å². The summed E-state index contributed by atoms with van der Waals surface area (Å²) in [5.41, 5.74) is 1.07. The Hall–Kier alpha value is -1.80. The first-order valence-electron chi connectivity index (χ1n) is 5.32. The molecule has 0 spiro atoms. The molecule has 21 heavy (non-hydrogen) atoms. The molecular weight excluding hydrogens is 326 g/mol. The summed E-state index contributed by atoms with van der Waals surface area (Å²) in [6.45, 7) is -0.515. The van der Waals surface area contributed by atoms with E-state index >= 15 is 0 Å². The highest BCUT2D eigenvalue weighted by atomic mass is 32.2. The monoisotopic (exact) mass is 339 g/mol. The second kappa shape index (κ2) is 6.31. The summed E-state index contributed by atoms with van der Waals surface area (Å²) in [6, 6.07) is 3.47. The van der Waals surface area contributed by atoms with Gasteiger partial charge in [0.1, 0.15) is 5.69 Å². The molecule has 0 bridgehead atoms. The van der Waals surface area contributed by atoms with Gasteiger partial charge < -0.3 is 5.43 Å². The Morgan fingerprint density at radius 1 is 1.24 bits per heavy atom. The van der Waals surface area contributed by atoms with Gasteiger partial charge in [0.15, 0.2) is 4.90 Å². The van der Waals surface area contributed by atoms with Crippen molar-refractivity contribution in [1.29, 1.82) is 0 Å². The minimum Gasteiger partial charge on any atom is -0.318 e. The van der Waals surface area contributed by atoms with Crippen molar-refractivity contribution in [1.82, 2.24) is 4.72 Å². The lowest BCUT2D eigenvalue weighted by molar-refractivity contribution is -0.386. The van der Waals surface area contributed by atoms with Crippen LogP contribution in [0.15, 0.2) is 23.1 Å². The molecule has 0 aliphatic rings. The van der Waals surface area contributed by atoms with Gasteiger partial charge in [0.05, 0.1) is 10.7 Å². The van der Waals surface area contributed by atoms with Crippen molar-refractivity contribution in [3.63, 3.8) is 0 Å². The van der Waals surface area contributed by atoms with Gasteiger partial charge in [0, 0.05) is 6.54 Å². The molecule has 0 amide bonds. The number of nitrogens with one attached hydrogen (secondary N) is 2. The zero-order chi connectivity index (χ0) is 16.3. The Bertz CT molecular complexity index is 744. The molecule has 11 nitrogen and oxygen atoms in total. The minimum absolute atomic E-state index is 0.200. The zero-order valence-corrected chi connectivity index (χ0v) is 12.1. The van der Waals surface area contributed by atoms with E-state index in [2.05, 4.69) is 0 Å². The Morgan fingerprint density at radius 2 is 1.86 bits per heavy atom. The summed E-state index contributed by atoms with van der Waals surface area (Å²) >= 11 is 0. The van der Waals surface area contributed by atoms with E-state index in [1.165, 1.54) is 12.1 Å². The van der Waals surface area contributed by atoms with E-state index in [1.54, 1.807) is 0 Å². The van der Waals surface area contributed by atoms with Crippen molar-refractivity contribution in [2.24, 2.45) is 11.0 Å². The fourth-order valence-electron chi connectivity index (χ4n) is 1.44. The lowest BCUT2D eigenvalue weighted by Crippen LogP contribution is -2.32. The molecule has 0 atom stereocenters. The number of sulfonamides is 2. The SMILES string of the molecule is NNc1cccc(S(=O)(=O)NCCS(N)(=O)=O)c1[N+](=O)[O-]. The molecule has 0 heterocycles. The molecule has 0 aliphatic carbocycles. The van der Waals surface area contributed by atoms with Crippen LogP contribution in [0.4, 0.5) is 11.4 Å². The Balaban J connectivity index is 3.17. The average molecular weight is 339 g/mol. The molecule has 6 N–H and O–H groups in total. The molecule has 0 aliphatic heterocycles. The topological polar surface area (TPSA) is 188 Å². The number of hydrogen-bond acceptors (Lipinski definition) is 8. The first-order valence-corrected chi connectivity index (χ1v) is 8.52. The van der Waals surface area contributed by atoms with Crippen LogP contribution in [0.5, 0.6) is 0 Å². The van der Waals surface area contributed by atoms with Crippen molar-refractivity contribution in [3.8, 4) is 0 Å². The Morgan fingerprint density at radius 3 is 2.33 bits per heavy atom. The first kappa shape index (κ1) is 17.3. The molecule has 13 heteroatoms. The van der Waals surface area contributed by atoms with Crippen LogP contribution >= 0.6 is 0 Å². The van der Waals surface area contributed by atoms with Crippen molar-refractivity contribution < 1.29 is 21.8 Å². The van der Waals surface area contributed by atoms with Crippen molar-refractivity contribution in [3.05, 3.63) is 28.3 Å². The first-order chi connectivity index (χ1) is 9.58. The van der Waals surface area contributed by atoms with Gasteiger partial charge in [-0.15, -0.1) is 0 Å². The zero-order valence-electron chi connectivity index (χ0n) is 10.5. The Labute approximate surface area is 120 Å². The number of nitro groups is 1. The predicted octanol–water partition coefficient (Wildman–Crippen LogP) is -1.55. The van der Waals surface area contributed by atoms with Gasteiger partial charge in [-0.2, -0.15) is 0 Å². The van der Waals surface area contributed by atoms with Crippen LogP contribution < -0.4 is 21.1 Å². The summed E-state index contributed by atoms with van der Waals surface area (Å²) in [7, 11) is -8.16. The number of hydrazine groups is 1. The van der Waals surface area contributed by atoms with Gasteiger partial charge in [-0.25, -0.2) is 26.7 Å². The van der Waals surface area contributed by atoms with Crippen LogP contribution in [-0.2, 0) is 20.0 Å². The van der Waals surface area contributed by atoms with Crippen molar-refractivity contribution >= 4 is 31.4 Å². The molecule has 0 radical (unpaired) electrons. The number of anilines is 1. The molecule has 1 aromatic rings. The van der Waals surface area contributed by atoms with Crippen molar-refractivity contribution in [2.45, 2.75) is 4.90 Å². The number of primary sulfonamides is 1. The summed E-state index contributed by atoms with van der Waals surface area (Å²) < 4.78 is 47.4. The summed E-state index contributed by atoms with van der Waals surface area (Å²) in [5.74, 6) is 4.45. The van der Waals surface area contributed by atoms with E-state index < -0.39 is 47.9 Å². The molecule has 0 unspecified atom stereocenters. The minimum atomic E-state index is -4.30. The Kier molecular flexibility index (Phi) is 5.19. The molecule has 0 aromatic heterocycles. The van der Waals surface area contributed by atoms with Crippen LogP contribution in [0.2, 0.25) is 0 Å². The highest BCUT2D eigenvalue weighted by Crippen LogP contribution is 2.31. The second-order valence-corrected chi connectivity index (χ2v) is 7.29. The number of para-hydroxylation sites is 1. The van der Waals surface area contributed by atoms with E-state index in [9.17, 15) is 26.9 Å². The van der Waals surface area contributed by atoms with Crippen molar-refractivity contribution in [2.75, 3.05) is 17.7 Å². The molecule has 0 saturated carbocycles. The van der Waals surface area contributed by atoms with Crippen LogP contribution in [-0.4, -0.2) is 34.1 Å². The van der Waals surface area contributed by atoms with E-state index in [1.807, 2.05) is 10.1 Å². The number of nitrogens with zero attached hydrogens (tertiary/aromatic N) is 1. The highest BCUT2D eigenvalue weighted by molar-refractivity contribution is 7.90. The van der Waals surface area contributed by atoms with Gasteiger partial charge in [0.25, 0.3) is 0 Å². The third-order valence-electron chi connectivity index (χ3n) is 2.31. The average Bonchev–Trinajstić information content (AvgIpc) is 2.35. The van der Waals surface area contributed by atoms with Gasteiger partial charge in [-0.1, -0.05) is 6.07 Å². The molecule has 0 fully saturated rings. The fourth-order valence-corrected chi connectivity index (χ4v) is 3.18. The van der Waals surface area contributed by atoms with E-state index in [-0.39, 0.29) is 5.69 Å². The molecule has 118 valence electrons. The van der Waals surface area contributed by atoms with Gasteiger partial charge >= 0.3 is 5.69 Å².